The Morgan fingerprint density at radius 1 is 1.28 bits per heavy atom. The number of carbonyl (C=O) groups excluding carboxylic acids is 3. The standard InChI is InChI=1S/C15H18N4O10/c1-7(20)16-11-4-5-18(15(23)17-11)14-13(29-19(24)25)12(27-9(3)22)10(28-14)6-26-8(2)21/h4-5,10,12-14H,6H2,1-3H3,(H,16,17,20,23)/t10-,12-,13+,14-/m1/s1. The van der Waals surface area contributed by atoms with Gasteiger partial charge in [-0.25, -0.2) is 4.79 Å². The van der Waals surface area contributed by atoms with E-state index in [0.717, 1.165) is 18.4 Å². The summed E-state index contributed by atoms with van der Waals surface area (Å²) >= 11 is 0. The highest BCUT2D eigenvalue weighted by atomic mass is 17.0. The maximum absolute atomic E-state index is 12.3. The first-order valence-electron chi connectivity index (χ1n) is 8.22. The van der Waals surface area contributed by atoms with E-state index < -0.39 is 59.8 Å². The van der Waals surface area contributed by atoms with Crippen molar-refractivity contribution in [2.45, 2.75) is 45.3 Å². The molecule has 0 spiro atoms. The van der Waals surface area contributed by atoms with Gasteiger partial charge in [0.2, 0.25) is 5.91 Å². The van der Waals surface area contributed by atoms with Gasteiger partial charge in [-0.1, -0.05) is 0 Å². The van der Waals surface area contributed by atoms with Crippen LogP contribution in [-0.2, 0) is 33.4 Å². The van der Waals surface area contributed by atoms with Crippen LogP contribution < -0.4 is 11.0 Å². The number of esters is 2. The lowest BCUT2D eigenvalue weighted by Gasteiger charge is -2.22. The molecule has 14 heteroatoms. The molecule has 0 bridgehead atoms. The van der Waals surface area contributed by atoms with E-state index in [0.29, 0.717) is 0 Å². The summed E-state index contributed by atoms with van der Waals surface area (Å²) in [6, 6.07) is 1.26. The zero-order valence-corrected chi connectivity index (χ0v) is 15.6. The lowest BCUT2D eigenvalue weighted by molar-refractivity contribution is -0.772. The van der Waals surface area contributed by atoms with Crippen LogP contribution in [0.4, 0.5) is 5.82 Å². The van der Waals surface area contributed by atoms with Gasteiger partial charge in [-0.2, -0.15) is 4.98 Å². The second-order valence-electron chi connectivity index (χ2n) is 5.92. The minimum absolute atomic E-state index is 0.0449. The fourth-order valence-corrected chi connectivity index (χ4v) is 2.67. The molecule has 0 aromatic carbocycles. The summed E-state index contributed by atoms with van der Waals surface area (Å²) in [5.74, 6) is -1.96. The van der Waals surface area contributed by atoms with E-state index in [9.17, 15) is 29.3 Å². The van der Waals surface area contributed by atoms with E-state index in [4.69, 9.17) is 14.2 Å². The van der Waals surface area contributed by atoms with E-state index in [1.807, 2.05) is 0 Å². The Bertz CT molecular complexity index is 869. The third kappa shape index (κ3) is 5.71. The van der Waals surface area contributed by atoms with Crippen LogP contribution >= 0.6 is 0 Å². The first kappa shape index (κ1) is 21.7. The second-order valence-corrected chi connectivity index (χ2v) is 5.92. The normalized spacial score (nSPS) is 23.1. The highest BCUT2D eigenvalue weighted by molar-refractivity contribution is 5.87. The smallest absolute Gasteiger partial charge is 0.351 e. The number of nitrogens with one attached hydrogen (secondary N) is 1. The first-order valence-corrected chi connectivity index (χ1v) is 8.22. The van der Waals surface area contributed by atoms with E-state index in [1.54, 1.807) is 0 Å². The lowest BCUT2D eigenvalue weighted by atomic mass is 10.1. The van der Waals surface area contributed by atoms with Gasteiger partial charge in [-0.05, 0) is 6.07 Å². The van der Waals surface area contributed by atoms with Crippen LogP contribution in [0.5, 0.6) is 0 Å². The lowest BCUT2D eigenvalue weighted by Crippen LogP contribution is -2.42. The van der Waals surface area contributed by atoms with Gasteiger partial charge in [0, 0.05) is 27.0 Å². The van der Waals surface area contributed by atoms with Crippen molar-refractivity contribution >= 4 is 23.7 Å². The molecule has 29 heavy (non-hydrogen) atoms. The van der Waals surface area contributed by atoms with Crippen LogP contribution in [-0.4, -0.2) is 57.4 Å². The average molecular weight is 414 g/mol. The largest absolute Gasteiger partial charge is 0.463 e. The molecule has 0 unspecified atom stereocenters. The zero-order valence-electron chi connectivity index (χ0n) is 15.6. The van der Waals surface area contributed by atoms with E-state index in [2.05, 4.69) is 15.1 Å². The molecule has 158 valence electrons. The van der Waals surface area contributed by atoms with Crippen molar-refractivity contribution in [1.29, 1.82) is 0 Å². The molecule has 1 aromatic rings. The Kier molecular flexibility index (Phi) is 6.82. The monoisotopic (exact) mass is 414 g/mol. The van der Waals surface area contributed by atoms with Crippen LogP contribution in [0.3, 0.4) is 0 Å². The molecule has 2 rings (SSSR count). The van der Waals surface area contributed by atoms with Gasteiger partial charge >= 0.3 is 17.6 Å². The molecule has 1 aliphatic rings. The number of aromatic nitrogens is 2. The van der Waals surface area contributed by atoms with Gasteiger partial charge in [0.1, 0.15) is 18.5 Å². The summed E-state index contributed by atoms with van der Waals surface area (Å²) in [5, 5.41) is 12.1. The molecule has 14 nitrogen and oxygen atoms in total. The van der Waals surface area contributed by atoms with Gasteiger partial charge in [0.25, 0.3) is 5.09 Å². The van der Waals surface area contributed by atoms with E-state index in [-0.39, 0.29) is 5.82 Å². The number of ether oxygens (including phenoxy) is 3. The van der Waals surface area contributed by atoms with Crippen molar-refractivity contribution in [3.05, 3.63) is 32.9 Å². The number of nitrogens with zero attached hydrogens (tertiary/aromatic N) is 3. The quantitative estimate of drug-likeness (QED) is 0.334. The summed E-state index contributed by atoms with van der Waals surface area (Å²) in [6.45, 7) is 3.01. The van der Waals surface area contributed by atoms with Crippen LogP contribution in [0.2, 0.25) is 0 Å². The van der Waals surface area contributed by atoms with E-state index >= 15 is 0 Å². The van der Waals surface area contributed by atoms with Crippen molar-refractivity contribution in [2.24, 2.45) is 0 Å². The Morgan fingerprint density at radius 2 is 1.97 bits per heavy atom. The van der Waals surface area contributed by atoms with Crippen molar-refractivity contribution in [2.75, 3.05) is 11.9 Å². The predicted molar refractivity (Wildman–Crippen MR) is 90.8 cm³/mol. The molecule has 1 amide bonds. The third-order valence-electron chi connectivity index (χ3n) is 3.65. The second kappa shape index (κ2) is 9.09. The fourth-order valence-electron chi connectivity index (χ4n) is 2.67. The maximum Gasteiger partial charge on any atom is 0.351 e. The highest BCUT2D eigenvalue weighted by Gasteiger charge is 2.51. The minimum Gasteiger partial charge on any atom is -0.463 e. The Labute approximate surface area is 162 Å². The Morgan fingerprint density at radius 3 is 2.48 bits per heavy atom. The van der Waals surface area contributed by atoms with Gasteiger partial charge in [-0.3, -0.25) is 19.0 Å². The highest BCUT2D eigenvalue weighted by Crippen LogP contribution is 2.33. The molecule has 2 heterocycles. The third-order valence-corrected chi connectivity index (χ3v) is 3.65. The van der Waals surface area contributed by atoms with Gasteiger partial charge in [-0.15, -0.1) is 10.1 Å². The molecular weight excluding hydrogens is 396 g/mol. The SMILES string of the molecule is CC(=O)Nc1ccn([C@@H]2O[C@H](COC(C)=O)[C@@H](OC(C)=O)[C@@H]2O[N+](=O)[O-])c(=O)n1. The fraction of sp³-hybridized carbons (Fsp3) is 0.533. The van der Waals surface area contributed by atoms with Crippen LogP contribution in [0.25, 0.3) is 0 Å². The number of rotatable bonds is 7. The molecular formula is C15H18N4O10. The Hall–Kier alpha value is -3.55. The summed E-state index contributed by atoms with van der Waals surface area (Å²) < 4.78 is 16.3. The van der Waals surface area contributed by atoms with Gasteiger partial charge < -0.3 is 24.4 Å². The summed E-state index contributed by atoms with van der Waals surface area (Å²) in [6.07, 6.45) is -4.33. The van der Waals surface area contributed by atoms with Crippen LogP contribution in [0, 0.1) is 10.1 Å². The van der Waals surface area contributed by atoms with Crippen molar-refractivity contribution < 1.29 is 38.5 Å². The molecule has 1 fully saturated rings. The molecule has 1 aliphatic heterocycles. The Balaban J connectivity index is 2.40. The predicted octanol–water partition coefficient (Wildman–Crippen LogP) is -0.829. The van der Waals surface area contributed by atoms with Crippen LogP contribution in [0.15, 0.2) is 17.1 Å². The molecule has 1 saturated heterocycles. The number of hydrogen-bond donors (Lipinski definition) is 1. The van der Waals surface area contributed by atoms with E-state index in [1.165, 1.54) is 19.2 Å². The average Bonchev–Trinajstić information content (AvgIpc) is 2.89. The molecule has 0 saturated carbocycles. The molecule has 4 atom stereocenters. The summed E-state index contributed by atoms with van der Waals surface area (Å²) in [4.78, 5) is 65.1. The van der Waals surface area contributed by atoms with Gasteiger partial charge in [0.15, 0.2) is 18.4 Å². The molecule has 0 radical (unpaired) electrons. The van der Waals surface area contributed by atoms with Crippen molar-refractivity contribution in [1.82, 2.24) is 9.55 Å². The summed E-state index contributed by atoms with van der Waals surface area (Å²) in [7, 11) is 0. The zero-order chi connectivity index (χ0) is 21.7. The molecule has 0 aliphatic carbocycles. The number of anilines is 1. The number of amides is 1. The minimum atomic E-state index is -1.56. The number of hydrogen-bond acceptors (Lipinski definition) is 11. The topological polar surface area (TPSA) is 178 Å². The van der Waals surface area contributed by atoms with Crippen molar-refractivity contribution in [3.8, 4) is 0 Å². The van der Waals surface area contributed by atoms with Gasteiger partial charge in [0.05, 0.1) is 0 Å². The number of carbonyl (C=O) groups is 3. The van der Waals surface area contributed by atoms with Crippen molar-refractivity contribution in [3.63, 3.8) is 0 Å². The first-order chi connectivity index (χ1) is 13.6. The van der Waals surface area contributed by atoms with Crippen LogP contribution in [0.1, 0.15) is 27.0 Å². The maximum atomic E-state index is 12.3. The molecule has 1 aromatic heterocycles. The summed E-state index contributed by atoms with van der Waals surface area (Å²) in [5.41, 5.74) is -0.923. The molecule has 1 N–H and O–H groups in total.